The first kappa shape index (κ1) is 19.3. The van der Waals surface area contributed by atoms with E-state index in [0.717, 1.165) is 6.04 Å². The number of ether oxygens (including phenoxy) is 1. The first-order valence-electron chi connectivity index (χ1n) is 8.70. The average Bonchev–Trinajstić information content (AvgIpc) is 3.00. The highest BCUT2D eigenvalue weighted by Gasteiger charge is 2.20. The van der Waals surface area contributed by atoms with Crippen LogP contribution in [0.25, 0.3) is 10.9 Å². The van der Waals surface area contributed by atoms with Gasteiger partial charge in [-0.25, -0.2) is 9.78 Å². The van der Waals surface area contributed by atoms with Crippen LogP contribution in [0.15, 0.2) is 48.8 Å². The molecule has 0 radical (unpaired) electrons. The van der Waals surface area contributed by atoms with Gasteiger partial charge in [0.25, 0.3) is 5.91 Å². The Kier molecular flexibility index (Phi) is 5.48. The summed E-state index contributed by atoms with van der Waals surface area (Å²) in [7, 11) is -1.29. The third-order valence-electron chi connectivity index (χ3n) is 4.21. The van der Waals surface area contributed by atoms with Gasteiger partial charge in [0.05, 0.1) is 23.3 Å². The summed E-state index contributed by atoms with van der Waals surface area (Å²) in [5.41, 5.74) is 1.42. The number of halogens is 1. The molecule has 7 heteroatoms. The van der Waals surface area contributed by atoms with Crippen LogP contribution in [-0.2, 0) is 4.74 Å². The minimum absolute atomic E-state index is 0.281. The normalized spacial score (nSPS) is 11.6. The lowest BCUT2D eigenvalue weighted by Gasteiger charge is -2.26. The fourth-order valence-electron chi connectivity index (χ4n) is 2.68. The van der Waals surface area contributed by atoms with Crippen LogP contribution in [0.2, 0.25) is 30.8 Å². The molecule has 0 saturated heterocycles. The van der Waals surface area contributed by atoms with Gasteiger partial charge < -0.3 is 4.74 Å². The van der Waals surface area contributed by atoms with E-state index in [1.54, 1.807) is 24.4 Å². The summed E-state index contributed by atoms with van der Waals surface area (Å²) in [6.45, 7) is 7.08. The van der Waals surface area contributed by atoms with Gasteiger partial charge in [-0.2, -0.15) is 19.6 Å². The van der Waals surface area contributed by atoms with Gasteiger partial charge in [0, 0.05) is 17.8 Å². The third-order valence-corrected chi connectivity index (χ3v) is 6.14. The van der Waals surface area contributed by atoms with E-state index in [-0.39, 0.29) is 5.91 Å². The molecule has 3 aromatic rings. The largest absolute Gasteiger partial charge is 0.465 e. The summed E-state index contributed by atoms with van der Waals surface area (Å²) < 4.78 is 6.92. The van der Waals surface area contributed by atoms with Crippen LogP contribution in [0.3, 0.4) is 0 Å². The summed E-state index contributed by atoms with van der Waals surface area (Å²) in [6, 6.07) is 11.3. The standard InChI is InChI=1S/C20H21ClN2O3Si/c1-27(2,3)11-10-26-20(25)16-13-23(17-7-5-4-6-15(16)17)19(24)14-8-9-18(21)22-12-14/h4-9,12-13H,10-11H2,1-3H3/q-1. The molecule has 141 valence electrons. The fourth-order valence-corrected chi connectivity index (χ4v) is 3.51. The van der Waals surface area contributed by atoms with Crippen LogP contribution in [-0.4, -0.2) is 36.1 Å². The number of rotatable bonds is 5. The second kappa shape index (κ2) is 7.66. The van der Waals surface area contributed by atoms with Crippen LogP contribution >= 0.6 is 11.6 Å². The SMILES string of the molecule is C[Si-](C)(C)CCOC(=O)c1cn(C(=O)c2ccc(Cl)nc2)c2ccccc12. The van der Waals surface area contributed by atoms with Crippen molar-refractivity contribution in [2.75, 3.05) is 6.61 Å². The number of hydrogen-bond acceptors (Lipinski definition) is 4. The summed E-state index contributed by atoms with van der Waals surface area (Å²) in [5, 5.41) is 1.00. The van der Waals surface area contributed by atoms with Crippen LogP contribution in [0.1, 0.15) is 20.7 Å². The molecular weight excluding hydrogens is 380 g/mol. The second-order valence-corrected chi connectivity index (χ2v) is 13.6. The number of carbonyl (C=O) groups is 2. The molecular formula is C20H21ClN2O3Si-. The van der Waals surface area contributed by atoms with Crippen LogP contribution in [0.5, 0.6) is 0 Å². The van der Waals surface area contributed by atoms with Gasteiger partial charge in [-0.1, -0.05) is 29.8 Å². The quantitative estimate of drug-likeness (QED) is 0.348. The predicted octanol–water partition coefficient (Wildman–Crippen LogP) is 4.87. The topological polar surface area (TPSA) is 61.2 Å². The summed E-state index contributed by atoms with van der Waals surface area (Å²) in [5.74, 6) is -0.693. The maximum absolute atomic E-state index is 12.9. The van der Waals surface area contributed by atoms with Crippen molar-refractivity contribution < 1.29 is 14.3 Å². The molecule has 0 aliphatic carbocycles. The Morgan fingerprint density at radius 3 is 2.56 bits per heavy atom. The zero-order valence-corrected chi connectivity index (χ0v) is 17.3. The number of nitrogens with zero attached hydrogens (tertiary/aromatic N) is 2. The van der Waals surface area contributed by atoms with E-state index in [4.69, 9.17) is 16.3 Å². The number of pyridine rings is 1. The third kappa shape index (κ3) is 4.46. The lowest BCUT2D eigenvalue weighted by Crippen LogP contribution is -2.22. The summed E-state index contributed by atoms with van der Waals surface area (Å²) in [4.78, 5) is 29.4. The molecule has 5 nitrogen and oxygen atoms in total. The monoisotopic (exact) mass is 400 g/mol. The van der Waals surface area contributed by atoms with Crippen molar-refractivity contribution in [1.29, 1.82) is 0 Å². The van der Waals surface area contributed by atoms with E-state index in [9.17, 15) is 9.59 Å². The Balaban J connectivity index is 1.93. The first-order valence-corrected chi connectivity index (χ1v) is 12.8. The van der Waals surface area contributed by atoms with Gasteiger partial charge in [-0.15, -0.1) is 14.1 Å². The molecule has 0 N–H and O–H groups in total. The van der Waals surface area contributed by atoms with Gasteiger partial charge in [-0.3, -0.25) is 9.36 Å². The number of esters is 1. The highest BCUT2D eigenvalue weighted by molar-refractivity contribution is 6.76. The molecule has 0 bridgehead atoms. The maximum atomic E-state index is 12.9. The van der Waals surface area contributed by atoms with Gasteiger partial charge in [0.15, 0.2) is 0 Å². The molecule has 0 saturated carbocycles. The number of benzene rings is 1. The smallest absolute Gasteiger partial charge is 0.340 e. The molecule has 0 aliphatic heterocycles. The highest BCUT2D eigenvalue weighted by Crippen LogP contribution is 2.24. The van der Waals surface area contributed by atoms with E-state index in [0.29, 0.717) is 33.8 Å². The molecule has 0 aliphatic rings. The first-order chi connectivity index (χ1) is 12.8. The molecule has 0 amide bonds. The zero-order valence-electron chi connectivity index (χ0n) is 15.5. The second-order valence-electron chi connectivity index (χ2n) is 7.55. The number of para-hydroxylation sites is 1. The predicted molar refractivity (Wildman–Crippen MR) is 109 cm³/mol. The van der Waals surface area contributed by atoms with Gasteiger partial charge in [0.1, 0.15) is 5.15 Å². The van der Waals surface area contributed by atoms with Crippen molar-refractivity contribution in [3.05, 3.63) is 65.1 Å². The summed E-state index contributed by atoms with van der Waals surface area (Å²) >= 11 is 5.80. The van der Waals surface area contributed by atoms with Crippen molar-refractivity contribution in [3.8, 4) is 0 Å². The molecule has 0 spiro atoms. The molecule has 2 aromatic heterocycles. The molecule has 0 unspecified atom stereocenters. The molecule has 3 rings (SSSR count). The van der Waals surface area contributed by atoms with E-state index in [1.807, 2.05) is 18.2 Å². The van der Waals surface area contributed by atoms with Crippen molar-refractivity contribution >= 4 is 42.5 Å². The van der Waals surface area contributed by atoms with Gasteiger partial charge >= 0.3 is 5.97 Å². The number of aromatic nitrogens is 2. The van der Waals surface area contributed by atoms with Crippen LogP contribution in [0, 0.1) is 0 Å². The van der Waals surface area contributed by atoms with Crippen LogP contribution in [0.4, 0.5) is 0 Å². The lowest BCUT2D eigenvalue weighted by molar-refractivity contribution is 0.0527. The molecule has 2 heterocycles. The van der Waals surface area contributed by atoms with E-state index >= 15 is 0 Å². The van der Waals surface area contributed by atoms with Crippen molar-refractivity contribution in [1.82, 2.24) is 9.55 Å². The van der Waals surface area contributed by atoms with E-state index in [1.165, 1.54) is 10.8 Å². The zero-order chi connectivity index (χ0) is 19.6. The number of carbonyl (C=O) groups excluding carboxylic acids is 2. The Bertz CT molecular complexity index is 991. The fraction of sp³-hybridized carbons (Fsp3) is 0.250. The Labute approximate surface area is 163 Å². The van der Waals surface area contributed by atoms with E-state index in [2.05, 4.69) is 24.6 Å². The molecule has 1 aromatic carbocycles. The Morgan fingerprint density at radius 1 is 1.15 bits per heavy atom. The van der Waals surface area contributed by atoms with Crippen molar-refractivity contribution in [2.24, 2.45) is 0 Å². The Morgan fingerprint density at radius 2 is 1.89 bits per heavy atom. The highest BCUT2D eigenvalue weighted by atomic mass is 35.5. The minimum atomic E-state index is -1.29. The van der Waals surface area contributed by atoms with Crippen molar-refractivity contribution in [2.45, 2.75) is 25.7 Å². The average molecular weight is 401 g/mol. The van der Waals surface area contributed by atoms with Gasteiger partial charge in [0.2, 0.25) is 0 Å². The lowest BCUT2D eigenvalue weighted by atomic mass is 10.2. The maximum Gasteiger partial charge on any atom is 0.340 e. The van der Waals surface area contributed by atoms with Crippen LogP contribution < -0.4 is 0 Å². The Hall–Kier alpha value is -2.44. The number of hydrogen-bond donors (Lipinski definition) is 0. The molecule has 0 fully saturated rings. The molecule has 27 heavy (non-hydrogen) atoms. The minimum Gasteiger partial charge on any atom is -0.465 e. The van der Waals surface area contributed by atoms with E-state index < -0.39 is 14.0 Å². The number of fused-ring (bicyclic) bond motifs is 1. The van der Waals surface area contributed by atoms with Gasteiger partial charge in [-0.05, 0) is 18.2 Å². The summed E-state index contributed by atoms with van der Waals surface area (Å²) in [6.07, 6.45) is 2.96. The molecule has 0 atom stereocenters. The van der Waals surface area contributed by atoms with Crippen molar-refractivity contribution in [3.63, 3.8) is 0 Å².